The van der Waals surface area contributed by atoms with Gasteiger partial charge in [0.15, 0.2) is 0 Å². The van der Waals surface area contributed by atoms with Gasteiger partial charge in [-0.1, -0.05) is 18.2 Å². The standard InChI is InChI=1S/C19H17NO5/c1-3-24-16-7-5-4-6-13(16)11-25-19(23)12-8-9-14-15(10-12)18(22)20(2)17(14)21/h4-10H,3,11H2,1-2H3. The number of hydrogen-bond donors (Lipinski definition) is 0. The summed E-state index contributed by atoms with van der Waals surface area (Å²) in [5.41, 5.74) is 1.50. The van der Waals surface area contributed by atoms with Gasteiger partial charge in [0.1, 0.15) is 12.4 Å². The van der Waals surface area contributed by atoms with Crippen LogP contribution in [-0.4, -0.2) is 36.3 Å². The number of amides is 2. The first-order chi connectivity index (χ1) is 12.0. The van der Waals surface area contributed by atoms with Crippen LogP contribution in [0.3, 0.4) is 0 Å². The molecule has 6 heteroatoms. The van der Waals surface area contributed by atoms with E-state index in [-0.39, 0.29) is 23.6 Å². The Morgan fingerprint density at radius 2 is 1.76 bits per heavy atom. The Labute approximate surface area is 145 Å². The van der Waals surface area contributed by atoms with E-state index >= 15 is 0 Å². The summed E-state index contributed by atoms with van der Waals surface area (Å²) in [4.78, 5) is 37.2. The number of para-hydroxylation sites is 1. The summed E-state index contributed by atoms with van der Waals surface area (Å²) in [6, 6.07) is 11.7. The summed E-state index contributed by atoms with van der Waals surface area (Å²) in [7, 11) is 1.41. The SMILES string of the molecule is CCOc1ccccc1COC(=O)c1ccc2c(c1)C(=O)N(C)C2=O. The quantitative estimate of drug-likeness (QED) is 0.618. The number of carbonyl (C=O) groups is 3. The van der Waals surface area contributed by atoms with Crippen molar-refractivity contribution in [1.82, 2.24) is 4.90 Å². The summed E-state index contributed by atoms with van der Waals surface area (Å²) >= 11 is 0. The first-order valence-corrected chi connectivity index (χ1v) is 7.87. The van der Waals surface area contributed by atoms with Crippen molar-refractivity contribution >= 4 is 17.8 Å². The molecule has 1 aliphatic heterocycles. The second-order valence-corrected chi connectivity index (χ2v) is 5.55. The summed E-state index contributed by atoms with van der Waals surface area (Å²) in [5.74, 6) is -0.694. The molecule has 0 saturated carbocycles. The third-order valence-corrected chi connectivity index (χ3v) is 3.96. The van der Waals surface area contributed by atoms with Gasteiger partial charge in [0.05, 0.1) is 23.3 Å². The normalized spacial score (nSPS) is 13.0. The fraction of sp³-hybridized carbons (Fsp3) is 0.211. The summed E-state index contributed by atoms with van der Waals surface area (Å²) in [6.07, 6.45) is 0. The van der Waals surface area contributed by atoms with Crippen molar-refractivity contribution in [2.24, 2.45) is 0 Å². The van der Waals surface area contributed by atoms with Crippen molar-refractivity contribution in [3.8, 4) is 5.75 Å². The largest absolute Gasteiger partial charge is 0.493 e. The van der Waals surface area contributed by atoms with Crippen LogP contribution in [0, 0.1) is 0 Å². The van der Waals surface area contributed by atoms with Crippen LogP contribution in [0.1, 0.15) is 43.6 Å². The zero-order chi connectivity index (χ0) is 18.0. The van der Waals surface area contributed by atoms with E-state index in [9.17, 15) is 14.4 Å². The average Bonchev–Trinajstić information content (AvgIpc) is 2.85. The number of hydrogen-bond acceptors (Lipinski definition) is 5. The maximum Gasteiger partial charge on any atom is 0.338 e. The van der Waals surface area contributed by atoms with Crippen LogP contribution in [0.15, 0.2) is 42.5 Å². The van der Waals surface area contributed by atoms with Crippen LogP contribution in [0.5, 0.6) is 5.75 Å². The zero-order valence-electron chi connectivity index (χ0n) is 13.9. The number of ether oxygens (including phenoxy) is 2. The lowest BCUT2D eigenvalue weighted by molar-refractivity contribution is 0.0469. The van der Waals surface area contributed by atoms with Crippen LogP contribution in [0.2, 0.25) is 0 Å². The van der Waals surface area contributed by atoms with Crippen LogP contribution < -0.4 is 4.74 Å². The molecule has 0 N–H and O–H groups in total. The molecule has 2 aromatic rings. The van der Waals surface area contributed by atoms with Crippen LogP contribution >= 0.6 is 0 Å². The zero-order valence-corrected chi connectivity index (χ0v) is 13.9. The van der Waals surface area contributed by atoms with Gasteiger partial charge in [-0.2, -0.15) is 0 Å². The highest BCUT2D eigenvalue weighted by Crippen LogP contribution is 2.24. The molecular weight excluding hydrogens is 322 g/mol. The number of benzene rings is 2. The lowest BCUT2D eigenvalue weighted by atomic mass is 10.1. The van der Waals surface area contributed by atoms with E-state index < -0.39 is 11.9 Å². The van der Waals surface area contributed by atoms with Crippen molar-refractivity contribution in [3.63, 3.8) is 0 Å². The molecule has 0 unspecified atom stereocenters. The Kier molecular flexibility index (Phi) is 4.52. The minimum atomic E-state index is -0.566. The van der Waals surface area contributed by atoms with Crippen LogP contribution in [-0.2, 0) is 11.3 Å². The fourth-order valence-electron chi connectivity index (χ4n) is 2.63. The molecule has 3 rings (SSSR count). The first kappa shape index (κ1) is 16.7. The maximum absolute atomic E-state index is 12.3. The molecule has 1 heterocycles. The van der Waals surface area contributed by atoms with Gasteiger partial charge in [-0.25, -0.2) is 4.79 Å². The van der Waals surface area contributed by atoms with E-state index in [1.165, 1.54) is 25.2 Å². The molecule has 0 spiro atoms. The minimum Gasteiger partial charge on any atom is -0.493 e. The lowest BCUT2D eigenvalue weighted by Gasteiger charge is -2.10. The molecule has 0 fully saturated rings. The summed E-state index contributed by atoms with van der Waals surface area (Å²) in [5, 5.41) is 0. The van der Waals surface area contributed by atoms with E-state index in [4.69, 9.17) is 9.47 Å². The first-order valence-electron chi connectivity index (χ1n) is 7.87. The Morgan fingerprint density at radius 3 is 2.52 bits per heavy atom. The third kappa shape index (κ3) is 3.10. The van der Waals surface area contributed by atoms with E-state index in [2.05, 4.69) is 0 Å². The molecule has 0 atom stereocenters. The average molecular weight is 339 g/mol. The number of esters is 1. The molecule has 0 aromatic heterocycles. The number of imide groups is 1. The number of carbonyl (C=O) groups excluding carboxylic acids is 3. The highest BCUT2D eigenvalue weighted by molar-refractivity contribution is 6.21. The number of rotatable bonds is 5. The predicted octanol–water partition coefficient (Wildman–Crippen LogP) is 2.67. The second-order valence-electron chi connectivity index (χ2n) is 5.55. The molecule has 25 heavy (non-hydrogen) atoms. The topological polar surface area (TPSA) is 72.9 Å². The molecule has 2 amide bonds. The predicted molar refractivity (Wildman–Crippen MR) is 89.6 cm³/mol. The molecule has 128 valence electrons. The Hall–Kier alpha value is -3.15. The van der Waals surface area contributed by atoms with Crippen LogP contribution in [0.4, 0.5) is 0 Å². The molecule has 2 aromatic carbocycles. The Morgan fingerprint density at radius 1 is 1.04 bits per heavy atom. The van der Waals surface area contributed by atoms with Gasteiger partial charge in [0.2, 0.25) is 0 Å². The molecular formula is C19H17NO5. The van der Waals surface area contributed by atoms with E-state index in [1.807, 2.05) is 31.2 Å². The van der Waals surface area contributed by atoms with Gasteiger partial charge in [0, 0.05) is 12.6 Å². The molecule has 6 nitrogen and oxygen atoms in total. The van der Waals surface area contributed by atoms with Gasteiger partial charge in [0.25, 0.3) is 11.8 Å². The minimum absolute atomic E-state index is 0.0544. The van der Waals surface area contributed by atoms with Crippen molar-refractivity contribution in [2.45, 2.75) is 13.5 Å². The molecule has 0 bridgehead atoms. The molecule has 0 aliphatic carbocycles. The Bertz CT molecular complexity index is 859. The monoisotopic (exact) mass is 339 g/mol. The Balaban J connectivity index is 1.75. The van der Waals surface area contributed by atoms with Gasteiger partial charge >= 0.3 is 5.97 Å². The number of fused-ring (bicyclic) bond motifs is 1. The van der Waals surface area contributed by atoms with E-state index in [0.29, 0.717) is 17.9 Å². The van der Waals surface area contributed by atoms with Crippen molar-refractivity contribution in [2.75, 3.05) is 13.7 Å². The van der Waals surface area contributed by atoms with Crippen molar-refractivity contribution < 1.29 is 23.9 Å². The summed E-state index contributed by atoms with van der Waals surface area (Å²) in [6.45, 7) is 2.45. The van der Waals surface area contributed by atoms with Crippen molar-refractivity contribution in [1.29, 1.82) is 0 Å². The van der Waals surface area contributed by atoms with Gasteiger partial charge < -0.3 is 9.47 Å². The smallest absolute Gasteiger partial charge is 0.338 e. The lowest BCUT2D eigenvalue weighted by Crippen LogP contribution is -2.24. The van der Waals surface area contributed by atoms with E-state index in [0.717, 1.165) is 10.5 Å². The second kappa shape index (κ2) is 6.76. The molecule has 0 saturated heterocycles. The van der Waals surface area contributed by atoms with Gasteiger partial charge in [-0.3, -0.25) is 14.5 Å². The van der Waals surface area contributed by atoms with Gasteiger partial charge in [-0.05, 0) is 31.2 Å². The highest BCUT2D eigenvalue weighted by atomic mass is 16.5. The van der Waals surface area contributed by atoms with Crippen molar-refractivity contribution in [3.05, 3.63) is 64.7 Å². The van der Waals surface area contributed by atoms with E-state index in [1.54, 1.807) is 0 Å². The van der Waals surface area contributed by atoms with Gasteiger partial charge in [-0.15, -0.1) is 0 Å². The number of nitrogens with zero attached hydrogens (tertiary/aromatic N) is 1. The fourth-order valence-corrected chi connectivity index (χ4v) is 2.63. The molecule has 1 aliphatic rings. The molecule has 0 radical (unpaired) electrons. The highest BCUT2D eigenvalue weighted by Gasteiger charge is 2.33. The summed E-state index contributed by atoms with van der Waals surface area (Å²) < 4.78 is 10.8. The maximum atomic E-state index is 12.3. The van der Waals surface area contributed by atoms with Crippen LogP contribution in [0.25, 0.3) is 0 Å². The third-order valence-electron chi connectivity index (χ3n) is 3.96.